The summed E-state index contributed by atoms with van der Waals surface area (Å²) in [6.07, 6.45) is 6.25. The zero-order valence-corrected chi connectivity index (χ0v) is 19.2. The van der Waals surface area contributed by atoms with Gasteiger partial charge in [0.05, 0.1) is 19.5 Å². The number of para-hydroxylation sites is 1. The van der Waals surface area contributed by atoms with Crippen LogP contribution in [0.2, 0.25) is 0 Å². The highest BCUT2D eigenvalue weighted by atomic mass is 32.2. The lowest BCUT2D eigenvalue weighted by molar-refractivity contribution is 0.306. The number of aryl methyl sites for hydroxylation is 2. The van der Waals surface area contributed by atoms with E-state index in [-0.39, 0.29) is 11.5 Å². The second-order valence-corrected chi connectivity index (χ2v) is 9.04. The van der Waals surface area contributed by atoms with Gasteiger partial charge in [-0.3, -0.25) is 0 Å². The predicted molar refractivity (Wildman–Crippen MR) is 121 cm³/mol. The molecular weight excluding hydrogens is 400 g/mol. The molecular formula is C24H34O5S. The second kappa shape index (κ2) is 12.5. The third kappa shape index (κ3) is 7.90. The molecule has 6 heteroatoms. The van der Waals surface area contributed by atoms with E-state index in [0.29, 0.717) is 12.2 Å². The van der Waals surface area contributed by atoms with Gasteiger partial charge in [0.2, 0.25) is 0 Å². The number of hydrogen-bond acceptors (Lipinski definition) is 5. The minimum Gasteiger partial charge on any atom is -0.493 e. The van der Waals surface area contributed by atoms with E-state index < -0.39 is 10.1 Å². The summed E-state index contributed by atoms with van der Waals surface area (Å²) in [5, 5.41) is 0. The van der Waals surface area contributed by atoms with E-state index >= 15 is 0 Å². The topological polar surface area (TPSA) is 61.8 Å². The summed E-state index contributed by atoms with van der Waals surface area (Å²) < 4.78 is 40.7. The molecule has 0 aliphatic carbocycles. The second-order valence-electron chi connectivity index (χ2n) is 7.35. The predicted octanol–water partition coefficient (Wildman–Crippen LogP) is 5.56. The molecule has 0 aliphatic rings. The Morgan fingerprint density at radius 1 is 0.833 bits per heavy atom. The molecule has 2 aromatic rings. The Kier molecular flexibility index (Phi) is 10.0. The van der Waals surface area contributed by atoms with E-state index in [1.165, 1.54) is 12.7 Å². The summed E-state index contributed by atoms with van der Waals surface area (Å²) in [5.41, 5.74) is 2.29. The minimum atomic E-state index is -3.60. The van der Waals surface area contributed by atoms with Crippen LogP contribution in [0.4, 0.5) is 0 Å². The first-order valence-electron chi connectivity index (χ1n) is 10.8. The van der Waals surface area contributed by atoms with Crippen LogP contribution in [0.5, 0.6) is 17.2 Å². The zero-order valence-electron chi connectivity index (χ0n) is 18.4. The first-order chi connectivity index (χ1) is 14.5. The number of benzene rings is 2. The van der Waals surface area contributed by atoms with Crippen LogP contribution in [0.25, 0.3) is 0 Å². The van der Waals surface area contributed by atoms with Gasteiger partial charge in [-0.1, -0.05) is 51.0 Å². The van der Waals surface area contributed by atoms with Crippen molar-refractivity contribution in [2.45, 2.75) is 58.8 Å². The molecule has 0 saturated carbocycles. The standard InChI is InChI=1S/C24H34O5S/c1-4-6-17-28-22-14-9-8-12-21(22)13-10-11-20-15-16-23(24(19-20)27-3)29-30(25,26)18-7-5-2/h8-9,12,14-16,19H,4-7,10-11,13,17-18H2,1-3H3. The largest absolute Gasteiger partial charge is 0.493 e. The van der Waals surface area contributed by atoms with Crippen molar-refractivity contribution in [3.63, 3.8) is 0 Å². The molecule has 0 amide bonds. The summed E-state index contributed by atoms with van der Waals surface area (Å²) in [6.45, 7) is 4.84. The first kappa shape index (κ1) is 24.1. The highest BCUT2D eigenvalue weighted by Gasteiger charge is 2.16. The summed E-state index contributed by atoms with van der Waals surface area (Å²) in [7, 11) is -2.08. The molecule has 0 spiro atoms. The summed E-state index contributed by atoms with van der Waals surface area (Å²) in [6, 6.07) is 13.6. The number of rotatable bonds is 14. The normalized spacial score (nSPS) is 11.3. The Hall–Kier alpha value is -2.21. The van der Waals surface area contributed by atoms with Gasteiger partial charge in [-0.05, 0) is 61.4 Å². The van der Waals surface area contributed by atoms with Crippen molar-refractivity contribution < 1.29 is 22.1 Å². The van der Waals surface area contributed by atoms with Crippen LogP contribution < -0.4 is 13.7 Å². The van der Waals surface area contributed by atoms with Crippen LogP contribution in [0, 0.1) is 0 Å². The van der Waals surface area contributed by atoms with E-state index in [9.17, 15) is 8.42 Å². The van der Waals surface area contributed by atoms with Crippen molar-refractivity contribution in [2.24, 2.45) is 0 Å². The molecule has 30 heavy (non-hydrogen) atoms. The van der Waals surface area contributed by atoms with Crippen molar-refractivity contribution in [3.05, 3.63) is 53.6 Å². The van der Waals surface area contributed by atoms with Crippen molar-refractivity contribution in [1.82, 2.24) is 0 Å². The van der Waals surface area contributed by atoms with Gasteiger partial charge in [0.15, 0.2) is 11.5 Å². The molecule has 0 aromatic heterocycles. The van der Waals surface area contributed by atoms with Gasteiger partial charge in [-0.2, -0.15) is 8.42 Å². The fourth-order valence-electron chi connectivity index (χ4n) is 3.10. The van der Waals surface area contributed by atoms with Crippen LogP contribution in [-0.2, 0) is 23.0 Å². The van der Waals surface area contributed by atoms with E-state index in [1.807, 2.05) is 37.3 Å². The highest BCUT2D eigenvalue weighted by molar-refractivity contribution is 7.87. The lowest BCUT2D eigenvalue weighted by atomic mass is 10.0. The van der Waals surface area contributed by atoms with Gasteiger partial charge in [0.1, 0.15) is 5.75 Å². The van der Waals surface area contributed by atoms with Gasteiger partial charge in [-0.15, -0.1) is 0 Å². The molecule has 0 saturated heterocycles. The quantitative estimate of drug-likeness (QED) is 0.288. The summed E-state index contributed by atoms with van der Waals surface area (Å²) in [4.78, 5) is 0. The Balaban J connectivity index is 1.97. The van der Waals surface area contributed by atoms with Gasteiger partial charge >= 0.3 is 10.1 Å². The Bertz CT molecular complexity index is 877. The zero-order chi connectivity index (χ0) is 21.8. The van der Waals surface area contributed by atoms with E-state index in [1.54, 1.807) is 6.07 Å². The maximum atomic E-state index is 12.1. The van der Waals surface area contributed by atoms with Gasteiger partial charge < -0.3 is 13.7 Å². The smallest absolute Gasteiger partial charge is 0.309 e. The molecule has 0 radical (unpaired) electrons. The van der Waals surface area contributed by atoms with E-state index in [4.69, 9.17) is 13.7 Å². The third-order valence-electron chi connectivity index (χ3n) is 4.83. The Morgan fingerprint density at radius 2 is 1.60 bits per heavy atom. The van der Waals surface area contributed by atoms with Crippen LogP contribution in [0.1, 0.15) is 57.1 Å². The lowest BCUT2D eigenvalue weighted by Crippen LogP contribution is -2.14. The van der Waals surface area contributed by atoms with Crippen LogP contribution in [0.3, 0.4) is 0 Å². The van der Waals surface area contributed by atoms with Gasteiger partial charge in [0.25, 0.3) is 0 Å². The van der Waals surface area contributed by atoms with Crippen LogP contribution >= 0.6 is 0 Å². The molecule has 166 valence electrons. The number of methoxy groups -OCH3 is 1. The molecule has 0 bridgehead atoms. The maximum absolute atomic E-state index is 12.1. The van der Waals surface area contributed by atoms with Crippen molar-refractivity contribution in [2.75, 3.05) is 19.5 Å². The SMILES string of the molecule is CCCCOc1ccccc1CCCc1ccc(OS(=O)(=O)CCCC)c(OC)c1. The number of ether oxygens (including phenoxy) is 2. The monoisotopic (exact) mass is 434 g/mol. The van der Waals surface area contributed by atoms with E-state index in [0.717, 1.165) is 56.4 Å². The molecule has 0 heterocycles. The average molecular weight is 435 g/mol. The average Bonchev–Trinajstić information content (AvgIpc) is 2.74. The van der Waals surface area contributed by atoms with Crippen LogP contribution in [-0.4, -0.2) is 27.9 Å². The summed E-state index contributed by atoms with van der Waals surface area (Å²) >= 11 is 0. The fourth-order valence-corrected chi connectivity index (χ4v) is 4.23. The van der Waals surface area contributed by atoms with Gasteiger partial charge in [-0.25, -0.2) is 0 Å². The molecule has 0 fully saturated rings. The molecule has 5 nitrogen and oxygen atoms in total. The molecule has 2 aromatic carbocycles. The molecule has 0 unspecified atom stereocenters. The minimum absolute atomic E-state index is 0.00808. The lowest BCUT2D eigenvalue weighted by Gasteiger charge is -2.13. The van der Waals surface area contributed by atoms with Crippen molar-refractivity contribution in [3.8, 4) is 17.2 Å². The van der Waals surface area contributed by atoms with Crippen molar-refractivity contribution in [1.29, 1.82) is 0 Å². The molecule has 0 N–H and O–H groups in total. The fraction of sp³-hybridized carbons (Fsp3) is 0.500. The third-order valence-corrected chi connectivity index (χ3v) is 6.05. The number of hydrogen-bond donors (Lipinski definition) is 0. The highest BCUT2D eigenvalue weighted by Crippen LogP contribution is 2.30. The summed E-state index contributed by atoms with van der Waals surface area (Å²) in [5.74, 6) is 1.65. The number of unbranched alkanes of at least 4 members (excludes halogenated alkanes) is 2. The Labute approximate surface area is 181 Å². The molecule has 0 atom stereocenters. The molecule has 2 rings (SSSR count). The first-order valence-corrected chi connectivity index (χ1v) is 12.4. The molecule has 0 aliphatic heterocycles. The van der Waals surface area contributed by atoms with E-state index in [2.05, 4.69) is 13.0 Å². The van der Waals surface area contributed by atoms with Crippen LogP contribution in [0.15, 0.2) is 42.5 Å². The Morgan fingerprint density at radius 3 is 2.33 bits per heavy atom. The van der Waals surface area contributed by atoms with Gasteiger partial charge in [0, 0.05) is 0 Å². The van der Waals surface area contributed by atoms with Crippen molar-refractivity contribution >= 4 is 10.1 Å². The maximum Gasteiger partial charge on any atom is 0.309 e.